The molecule has 0 saturated heterocycles. The Labute approximate surface area is 535 Å². The summed E-state index contributed by atoms with van der Waals surface area (Å²) in [5.41, 5.74) is 13.5. The maximum absolute atomic E-state index is 12.0. The molecule has 0 bridgehead atoms. The van der Waals surface area contributed by atoms with Gasteiger partial charge in [0.05, 0.1) is 94.1 Å². The lowest BCUT2D eigenvalue weighted by molar-refractivity contribution is -0.146. The second-order valence-corrected chi connectivity index (χ2v) is 28.8. The van der Waals surface area contributed by atoms with Crippen LogP contribution in [0.3, 0.4) is 0 Å². The highest BCUT2D eigenvalue weighted by Crippen LogP contribution is 2.61. The molecule has 9 rings (SSSR count). The fourth-order valence-electron chi connectivity index (χ4n) is 9.78. The molecule has 5 aromatic rings. The van der Waals surface area contributed by atoms with Gasteiger partial charge in [0, 0.05) is 27.0 Å². The van der Waals surface area contributed by atoms with Crippen LogP contribution in [0.5, 0.6) is 0 Å². The zero-order chi connectivity index (χ0) is 64.1. The average Bonchev–Trinajstić information content (AvgIpc) is 1.68. The van der Waals surface area contributed by atoms with E-state index in [1.54, 1.807) is 63.4 Å². The highest BCUT2D eigenvalue weighted by Gasteiger charge is 2.36. The van der Waals surface area contributed by atoms with E-state index >= 15 is 0 Å². The summed E-state index contributed by atoms with van der Waals surface area (Å²) in [7, 11) is 0. The summed E-state index contributed by atoms with van der Waals surface area (Å²) in [5, 5.41) is 7.25. The summed E-state index contributed by atoms with van der Waals surface area (Å²) in [6, 6.07) is 1.68. The number of carbonyl (C=O) groups excluding carboxylic acids is 8. The second-order valence-electron chi connectivity index (χ2n) is 18.5. The number of fused-ring (bicyclic) bond motifs is 7. The normalized spacial score (nSPS) is 16.2. The van der Waals surface area contributed by atoms with Crippen LogP contribution in [0.25, 0.3) is 20.4 Å². The molecular weight excluding hydrogens is 1300 g/mol. The quantitative estimate of drug-likeness (QED) is 0.0271. The number of H-pyrrole nitrogens is 1. The number of nitrogen functional groups attached to an aromatic ring is 1. The van der Waals surface area contributed by atoms with Crippen molar-refractivity contribution in [3.63, 3.8) is 0 Å². The number of rotatable bonds is 16. The lowest BCUT2D eigenvalue weighted by Gasteiger charge is -2.12. The number of ketones is 1. The van der Waals surface area contributed by atoms with Crippen LogP contribution in [-0.4, -0.2) is 108 Å². The Morgan fingerprint density at radius 2 is 1.05 bits per heavy atom. The van der Waals surface area contributed by atoms with Gasteiger partial charge < -0.3 is 44.9 Å². The molecule has 1 amide bonds. The fourth-order valence-corrected chi connectivity index (χ4v) is 13.7. The topological polar surface area (TPSA) is 356 Å². The predicted molar refractivity (Wildman–Crippen MR) is 337 cm³/mol. The van der Waals surface area contributed by atoms with Crippen LogP contribution in [-0.2, 0) is 85.8 Å². The number of ether oxygens (including phenoxy) is 6. The van der Waals surface area contributed by atoms with E-state index < -0.39 is 17.1 Å². The summed E-state index contributed by atoms with van der Waals surface area (Å²) in [6.07, 6.45) is 12.3. The van der Waals surface area contributed by atoms with Crippen molar-refractivity contribution >= 4 is 158 Å². The number of nitriles is 1. The number of carbonyl (C=O) groups is 8. The Kier molecular flexibility index (Phi) is 35.5. The van der Waals surface area contributed by atoms with E-state index in [4.69, 9.17) is 51.1 Å². The minimum atomic E-state index is -3.22. The Balaban J connectivity index is 0.000000367. The number of aromatic nitrogens is 4. The Morgan fingerprint density at radius 3 is 1.47 bits per heavy atom. The van der Waals surface area contributed by atoms with Crippen molar-refractivity contribution in [2.45, 2.75) is 157 Å². The molecule has 0 aromatic carbocycles. The Bertz CT molecular complexity index is 3260. The first kappa shape index (κ1) is 77.3. The minimum absolute atomic E-state index is 0. The standard InChI is InChI=1S/C14H19NO4S.C13H13ClN2O2S.C13H14N2O3S.C9H14O3.C5H7NO2.CH3NO.CH4.Cl3OP/c1-3-18-10(16)7-8-5-6-9-11(8)12(13(15)20-9)14(17)19-4-2;1-2-18-9(17)5-7-3-4-8-10(7)11-12(14)15-6-16-13(11)19-8;1-2-18-9(16)5-7-3-4-8-10(7)11-12(17)14-6-15-13(11)19-8;1-2-12-9(11)6-7-4-3-5-8(7)10;1-2-8-5(7)3-4-6;2-1-3;;1-5(2,3)4/h8H,3-7,15H2,1-2H3;6-7H,2-5H2,1H3;6-7H,2-5H2,1H3,(H,14,15,17);7H,2-6H2,1H3;2-3H2,1H3;1H,(H2,2,3);1H4;. The van der Waals surface area contributed by atoms with Gasteiger partial charge in [-0.05, 0) is 161 Å². The molecule has 5 heterocycles. The Morgan fingerprint density at radius 1 is 0.644 bits per heavy atom. The number of halogens is 4. The monoisotopic (exact) mass is 1370 g/mol. The molecule has 31 heteroatoms. The number of amides is 1. The number of hydrogen-bond acceptors (Lipinski definition) is 24. The molecule has 23 nitrogen and oxygen atoms in total. The van der Waals surface area contributed by atoms with Crippen LogP contribution < -0.4 is 17.0 Å². The van der Waals surface area contributed by atoms with Gasteiger partial charge in [-0.15, -0.1) is 34.0 Å². The highest BCUT2D eigenvalue weighted by molar-refractivity contribution is 8.24. The van der Waals surface area contributed by atoms with E-state index in [0.717, 1.165) is 82.4 Å². The van der Waals surface area contributed by atoms with E-state index in [0.29, 0.717) is 86.4 Å². The molecule has 480 valence electrons. The SMILES string of the molecule is C.CCOC(=O)CC#N.CCOC(=O)CC1CCCC1=O.CCOC(=O)CC1CCc2sc(N)c(C(=O)OCC)c21.CCOC(=O)CC1CCc2sc3nc[nH]c(=O)c3c21.CCOC(=O)CC1CCc2sc3ncnc(Cl)c3c21.NC=O.O=P(Cl)(Cl)Cl. The first-order chi connectivity index (χ1) is 40.9. The van der Waals surface area contributed by atoms with Crippen LogP contribution in [0.15, 0.2) is 17.4 Å². The van der Waals surface area contributed by atoms with E-state index in [1.165, 1.54) is 39.3 Å². The van der Waals surface area contributed by atoms with Crippen LogP contribution in [0, 0.1) is 17.2 Å². The summed E-state index contributed by atoms with van der Waals surface area (Å²) in [4.78, 5) is 120. The number of esters is 6. The van der Waals surface area contributed by atoms with Crippen molar-refractivity contribution in [2.24, 2.45) is 11.7 Å². The third-order valence-corrected chi connectivity index (χ3v) is 16.6. The van der Waals surface area contributed by atoms with Crippen molar-refractivity contribution in [1.82, 2.24) is 19.9 Å². The van der Waals surface area contributed by atoms with Crippen molar-refractivity contribution < 1.29 is 71.3 Å². The van der Waals surface area contributed by atoms with Crippen molar-refractivity contribution in [3.05, 3.63) is 65.0 Å². The van der Waals surface area contributed by atoms with Crippen LogP contribution in [0.2, 0.25) is 5.15 Å². The number of nitrogens with zero attached hydrogens (tertiary/aromatic N) is 4. The van der Waals surface area contributed by atoms with Gasteiger partial charge in [-0.2, -0.15) is 5.26 Å². The molecule has 4 atom stereocenters. The molecule has 1 fully saturated rings. The van der Waals surface area contributed by atoms with E-state index in [1.807, 2.05) is 6.92 Å². The Hall–Kier alpha value is -5.78. The maximum atomic E-state index is 12.0. The maximum Gasteiger partial charge on any atom is 0.341 e. The average molecular weight is 1370 g/mol. The summed E-state index contributed by atoms with van der Waals surface area (Å²) < 4.78 is 38.8. The second kappa shape index (κ2) is 40.0. The molecule has 0 radical (unpaired) electrons. The molecular formula is C56H74Cl4N7O16PS3. The molecule has 5 N–H and O–H groups in total. The van der Waals surface area contributed by atoms with Crippen LogP contribution in [0.4, 0.5) is 5.00 Å². The van der Waals surface area contributed by atoms with Gasteiger partial charge in [-0.3, -0.25) is 42.9 Å². The zero-order valence-electron chi connectivity index (χ0n) is 48.3. The smallest absolute Gasteiger partial charge is 0.341 e. The first-order valence-electron chi connectivity index (χ1n) is 27.5. The molecule has 4 unspecified atom stereocenters. The van der Waals surface area contributed by atoms with E-state index in [2.05, 4.69) is 64.1 Å². The van der Waals surface area contributed by atoms with Gasteiger partial charge in [0.1, 0.15) is 38.3 Å². The number of anilines is 1. The molecule has 1 saturated carbocycles. The lowest BCUT2D eigenvalue weighted by Crippen LogP contribution is -2.14. The number of Topliss-reactive ketones (excluding diaryl/α,β-unsaturated/α-hetero) is 1. The van der Waals surface area contributed by atoms with Crippen molar-refractivity contribution in [1.29, 1.82) is 5.26 Å². The number of aryl methyl sites for hydroxylation is 3. The van der Waals surface area contributed by atoms with E-state index in [9.17, 15) is 42.9 Å². The van der Waals surface area contributed by atoms with Gasteiger partial charge in [0.15, 0.2) is 0 Å². The van der Waals surface area contributed by atoms with E-state index in [-0.39, 0.29) is 85.6 Å². The number of aromatic amines is 1. The number of nitrogens with two attached hydrogens (primary N) is 2. The molecule has 4 aliphatic carbocycles. The summed E-state index contributed by atoms with van der Waals surface area (Å²) in [6.45, 7) is 12.9. The minimum Gasteiger partial charge on any atom is -0.466 e. The van der Waals surface area contributed by atoms with Gasteiger partial charge in [-0.1, -0.05) is 19.0 Å². The number of thiophene rings is 3. The van der Waals surface area contributed by atoms with Crippen LogP contribution in [0.1, 0.15) is 179 Å². The zero-order valence-corrected chi connectivity index (χ0v) is 54.7. The number of nitrogens with one attached hydrogen (secondary N) is 1. The summed E-state index contributed by atoms with van der Waals surface area (Å²) >= 11 is 24.7. The van der Waals surface area contributed by atoms with Gasteiger partial charge >= 0.3 is 41.0 Å². The highest BCUT2D eigenvalue weighted by atomic mass is 36.0. The summed E-state index contributed by atoms with van der Waals surface area (Å²) in [5.74, 6) is -1.19. The third kappa shape index (κ3) is 25.0. The van der Waals surface area contributed by atoms with Crippen LogP contribution >= 0.6 is 84.5 Å². The van der Waals surface area contributed by atoms with Gasteiger partial charge in [0.2, 0.25) is 6.41 Å². The largest absolute Gasteiger partial charge is 0.466 e. The number of hydrogen-bond donors (Lipinski definition) is 3. The number of primary amides is 1. The first-order valence-corrected chi connectivity index (χ1v) is 34.7. The van der Waals surface area contributed by atoms with Crippen molar-refractivity contribution in [3.8, 4) is 6.07 Å². The molecule has 4 aliphatic rings. The lowest BCUT2D eigenvalue weighted by atomic mass is 9.96. The molecule has 0 spiro atoms. The molecule has 5 aromatic heterocycles. The molecule has 87 heavy (non-hydrogen) atoms. The van der Waals surface area contributed by atoms with Gasteiger partial charge in [0.25, 0.3) is 5.56 Å². The predicted octanol–water partition coefficient (Wildman–Crippen LogP) is 12.1. The van der Waals surface area contributed by atoms with Crippen molar-refractivity contribution in [2.75, 3.05) is 45.4 Å². The van der Waals surface area contributed by atoms with Gasteiger partial charge in [-0.25, -0.2) is 19.7 Å². The molecule has 0 aliphatic heterocycles. The fraction of sp³-hybridized carbons (Fsp3) is 0.554. The third-order valence-electron chi connectivity index (χ3n) is 12.9.